The molecule has 0 atom stereocenters. The Kier molecular flexibility index (Phi) is 8.04. The van der Waals surface area contributed by atoms with Crippen molar-refractivity contribution in [1.82, 2.24) is 10.2 Å². The molecule has 1 saturated heterocycles. The summed E-state index contributed by atoms with van der Waals surface area (Å²) in [6.45, 7) is 1.86. The van der Waals surface area contributed by atoms with Gasteiger partial charge in [0.2, 0.25) is 0 Å². The highest BCUT2D eigenvalue weighted by Gasteiger charge is 2.40. The Morgan fingerprint density at radius 3 is 2.56 bits per heavy atom. The predicted molar refractivity (Wildman–Crippen MR) is 136 cm³/mol. The fourth-order valence-electron chi connectivity index (χ4n) is 4.26. The number of carbonyl (C=O) groups is 4. The Bertz CT molecular complexity index is 1210. The molecule has 1 heterocycles. The summed E-state index contributed by atoms with van der Waals surface area (Å²) < 4.78 is 11.9. The molecule has 0 bridgehead atoms. The van der Waals surface area contributed by atoms with Crippen molar-refractivity contribution in [2.75, 3.05) is 18.5 Å². The molecule has 5 amide bonds. The molecule has 0 aromatic heterocycles. The van der Waals surface area contributed by atoms with Crippen LogP contribution in [0.25, 0.3) is 6.08 Å². The maximum atomic E-state index is 13.1. The summed E-state index contributed by atoms with van der Waals surface area (Å²) in [4.78, 5) is 51.4. The zero-order valence-electron chi connectivity index (χ0n) is 19.7. The highest BCUT2D eigenvalue weighted by molar-refractivity contribution is 9.10. The third-order valence-electron chi connectivity index (χ3n) is 5.87. The average molecular weight is 556 g/mol. The summed E-state index contributed by atoms with van der Waals surface area (Å²) in [5.41, 5.74) is 1.01. The molecule has 1 aliphatic heterocycles. The van der Waals surface area contributed by atoms with Crippen molar-refractivity contribution in [3.63, 3.8) is 0 Å². The number of halogens is 1. The van der Waals surface area contributed by atoms with Crippen molar-refractivity contribution in [3.8, 4) is 11.5 Å². The van der Waals surface area contributed by atoms with E-state index in [2.05, 4.69) is 26.6 Å². The number of para-hydroxylation sites is 1. The molecule has 2 aromatic rings. The lowest BCUT2D eigenvalue weighted by Crippen LogP contribution is -2.57. The lowest BCUT2D eigenvalue weighted by molar-refractivity contribution is -0.131. The monoisotopic (exact) mass is 555 g/mol. The van der Waals surface area contributed by atoms with E-state index < -0.39 is 17.8 Å². The van der Waals surface area contributed by atoms with Gasteiger partial charge in [-0.2, -0.15) is 0 Å². The maximum Gasteiger partial charge on any atom is 0.331 e. The van der Waals surface area contributed by atoms with Crippen molar-refractivity contribution < 1.29 is 28.7 Å². The molecular formula is C26H26BrN3O6. The van der Waals surface area contributed by atoms with Crippen molar-refractivity contribution in [1.29, 1.82) is 0 Å². The highest BCUT2D eigenvalue weighted by Crippen LogP contribution is 2.38. The number of imide groups is 2. The van der Waals surface area contributed by atoms with Crippen molar-refractivity contribution in [2.45, 2.75) is 38.6 Å². The van der Waals surface area contributed by atoms with Crippen molar-refractivity contribution in [3.05, 3.63) is 58.1 Å². The number of barbiturate groups is 1. The Labute approximate surface area is 216 Å². The van der Waals surface area contributed by atoms with Crippen molar-refractivity contribution >= 4 is 51.4 Å². The Balaban J connectivity index is 1.55. The molecule has 0 spiro atoms. The summed E-state index contributed by atoms with van der Waals surface area (Å²) >= 11 is 3.44. The van der Waals surface area contributed by atoms with E-state index in [1.54, 1.807) is 31.2 Å². The van der Waals surface area contributed by atoms with Gasteiger partial charge in [-0.1, -0.05) is 31.0 Å². The molecule has 2 aliphatic rings. The van der Waals surface area contributed by atoms with Gasteiger partial charge in [0.05, 0.1) is 11.1 Å². The molecule has 2 aromatic carbocycles. The Morgan fingerprint density at radius 1 is 1.14 bits per heavy atom. The van der Waals surface area contributed by atoms with Crippen LogP contribution in [0.15, 0.2) is 52.5 Å². The normalized spacial score (nSPS) is 17.3. The van der Waals surface area contributed by atoms with Gasteiger partial charge >= 0.3 is 6.03 Å². The number of benzene rings is 2. The SMILES string of the molecule is CCOc1cc(/C=C2\C(=O)NC(=O)N(C3CCCC3)C2=O)cc(Br)c1OCC(=O)Nc1ccccc1. The number of hydrogen-bond donors (Lipinski definition) is 2. The van der Waals surface area contributed by atoms with Crippen LogP contribution in [0.5, 0.6) is 11.5 Å². The topological polar surface area (TPSA) is 114 Å². The molecule has 0 unspecified atom stereocenters. The first kappa shape index (κ1) is 25.4. The Morgan fingerprint density at radius 2 is 1.86 bits per heavy atom. The van der Waals surface area contributed by atoms with Gasteiger partial charge in [0.1, 0.15) is 5.57 Å². The standard InChI is InChI=1S/C26H26BrN3O6/c1-2-35-21-14-16(12-19-24(32)29-26(34)30(25(19)33)18-10-6-7-11-18)13-20(27)23(21)36-15-22(31)28-17-8-4-3-5-9-17/h3-5,8-9,12-14,18H,2,6-7,10-11,15H2,1H3,(H,28,31)(H,29,32,34)/b19-12+. The van der Waals surface area contributed by atoms with E-state index in [-0.39, 0.29) is 24.1 Å². The molecule has 1 saturated carbocycles. The van der Waals surface area contributed by atoms with Crippen LogP contribution in [0.2, 0.25) is 0 Å². The van der Waals surface area contributed by atoms with E-state index in [1.807, 2.05) is 18.2 Å². The first-order valence-electron chi connectivity index (χ1n) is 11.7. The molecular weight excluding hydrogens is 530 g/mol. The quantitative estimate of drug-likeness (QED) is 0.371. The van der Waals surface area contributed by atoms with Crippen LogP contribution in [0.4, 0.5) is 10.5 Å². The lowest BCUT2D eigenvalue weighted by atomic mass is 10.0. The van der Waals surface area contributed by atoms with Gasteiger partial charge in [0.25, 0.3) is 17.7 Å². The molecule has 0 radical (unpaired) electrons. The van der Waals surface area contributed by atoms with Crippen LogP contribution < -0.4 is 20.1 Å². The maximum absolute atomic E-state index is 13.1. The van der Waals surface area contributed by atoms with Crippen LogP contribution in [0.3, 0.4) is 0 Å². The van der Waals surface area contributed by atoms with Gasteiger partial charge in [-0.25, -0.2) is 4.79 Å². The van der Waals surface area contributed by atoms with Crippen LogP contribution >= 0.6 is 15.9 Å². The van der Waals surface area contributed by atoms with Crippen LogP contribution in [-0.2, 0) is 14.4 Å². The van der Waals surface area contributed by atoms with E-state index in [4.69, 9.17) is 9.47 Å². The third kappa shape index (κ3) is 5.76. The largest absolute Gasteiger partial charge is 0.490 e. The summed E-state index contributed by atoms with van der Waals surface area (Å²) in [6.07, 6.45) is 4.74. The second-order valence-electron chi connectivity index (χ2n) is 8.40. The minimum absolute atomic E-state index is 0.133. The highest BCUT2D eigenvalue weighted by atomic mass is 79.9. The van der Waals surface area contributed by atoms with Gasteiger partial charge < -0.3 is 14.8 Å². The van der Waals surface area contributed by atoms with Crippen LogP contribution in [-0.4, -0.2) is 47.9 Å². The van der Waals surface area contributed by atoms with Crippen LogP contribution in [0, 0.1) is 0 Å². The summed E-state index contributed by atoms with van der Waals surface area (Å²) in [7, 11) is 0. The fourth-order valence-corrected chi connectivity index (χ4v) is 4.84. The van der Waals surface area contributed by atoms with Gasteiger partial charge in [-0.15, -0.1) is 0 Å². The average Bonchev–Trinajstić information content (AvgIpc) is 3.36. The van der Waals surface area contributed by atoms with Crippen molar-refractivity contribution in [2.24, 2.45) is 0 Å². The number of carbonyl (C=O) groups excluding carboxylic acids is 4. The first-order chi connectivity index (χ1) is 17.4. The Hall–Kier alpha value is -3.66. The number of ether oxygens (including phenoxy) is 2. The lowest BCUT2D eigenvalue weighted by Gasteiger charge is -2.31. The van der Waals surface area contributed by atoms with E-state index in [9.17, 15) is 19.2 Å². The van der Waals surface area contributed by atoms with Gasteiger partial charge in [-0.3, -0.25) is 24.6 Å². The van der Waals surface area contributed by atoms with Crippen LogP contribution in [0.1, 0.15) is 38.2 Å². The number of rotatable bonds is 8. The second-order valence-corrected chi connectivity index (χ2v) is 9.25. The number of anilines is 1. The fraction of sp³-hybridized carbons (Fsp3) is 0.308. The number of nitrogens with one attached hydrogen (secondary N) is 2. The second kappa shape index (κ2) is 11.4. The number of nitrogens with zero attached hydrogens (tertiary/aromatic N) is 1. The predicted octanol–water partition coefficient (Wildman–Crippen LogP) is 4.27. The van der Waals surface area contributed by atoms with Gasteiger partial charge in [0.15, 0.2) is 18.1 Å². The zero-order valence-corrected chi connectivity index (χ0v) is 21.3. The number of hydrogen-bond acceptors (Lipinski definition) is 6. The molecule has 36 heavy (non-hydrogen) atoms. The molecule has 4 rings (SSSR count). The van der Waals surface area contributed by atoms with E-state index in [0.717, 1.165) is 30.6 Å². The van der Waals surface area contributed by atoms with Gasteiger partial charge in [0, 0.05) is 11.7 Å². The van der Waals surface area contributed by atoms with E-state index in [0.29, 0.717) is 33.8 Å². The van der Waals surface area contributed by atoms with E-state index in [1.165, 1.54) is 6.08 Å². The number of urea groups is 1. The summed E-state index contributed by atoms with van der Waals surface area (Å²) in [5, 5.41) is 5.02. The molecule has 9 nitrogen and oxygen atoms in total. The molecule has 1 aliphatic carbocycles. The summed E-state index contributed by atoms with van der Waals surface area (Å²) in [6, 6.07) is 11.4. The molecule has 2 N–H and O–H groups in total. The molecule has 10 heteroatoms. The minimum atomic E-state index is -0.744. The summed E-state index contributed by atoms with van der Waals surface area (Å²) in [5.74, 6) is -1.06. The van der Waals surface area contributed by atoms with Gasteiger partial charge in [-0.05, 0) is 71.6 Å². The smallest absolute Gasteiger partial charge is 0.331 e. The molecule has 188 valence electrons. The van der Waals surface area contributed by atoms with E-state index >= 15 is 0 Å². The first-order valence-corrected chi connectivity index (χ1v) is 12.5. The zero-order chi connectivity index (χ0) is 25.7. The molecule has 2 fully saturated rings. The minimum Gasteiger partial charge on any atom is -0.490 e. The number of amides is 5. The third-order valence-corrected chi connectivity index (χ3v) is 6.46.